The third-order valence-corrected chi connectivity index (χ3v) is 2.00. The van der Waals surface area contributed by atoms with Gasteiger partial charge in [0.2, 0.25) is 5.91 Å². The van der Waals surface area contributed by atoms with Crippen molar-refractivity contribution in [3.63, 3.8) is 0 Å². The van der Waals surface area contributed by atoms with Gasteiger partial charge >= 0.3 is 0 Å². The van der Waals surface area contributed by atoms with E-state index in [1.54, 1.807) is 12.1 Å². The Balaban J connectivity index is 2.71. The Morgan fingerprint density at radius 1 is 1.20 bits per heavy atom. The maximum absolute atomic E-state index is 11.4. The summed E-state index contributed by atoms with van der Waals surface area (Å²) in [4.78, 5) is 22.2. The van der Waals surface area contributed by atoms with E-state index in [1.807, 2.05) is 0 Å². The summed E-state index contributed by atoms with van der Waals surface area (Å²) in [6.45, 7) is 0.415. The molecule has 0 saturated carbocycles. The van der Waals surface area contributed by atoms with Crippen molar-refractivity contribution < 1.29 is 9.59 Å². The van der Waals surface area contributed by atoms with Gasteiger partial charge in [0.1, 0.15) is 0 Å². The average molecular weight is 227 g/mol. The number of nitrogens with one attached hydrogen (secondary N) is 1. The highest BCUT2D eigenvalue weighted by atomic mass is 35.5. The van der Waals surface area contributed by atoms with E-state index in [2.05, 4.69) is 5.32 Å². The number of hydrogen-bond donors (Lipinski definition) is 2. The van der Waals surface area contributed by atoms with Crippen LogP contribution in [-0.4, -0.2) is 24.2 Å². The predicted molar refractivity (Wildman–Crippen MR) is 58.0 cm³/mol. The molecule has 0 spiro atoms. The molecule has 0 aromatic heterocycles. The third-order valence-electron chi connectivity index (χ3n) is 1.81. The van der Waals surface area contributed by atoms with Crippen LogP contribution >= 0.6 is 11.6 Å². The van der Waals surface area contributed by atoms with E-state index in [1.165, 1.54) is 12.1 Å². The SMILES string of the molecule is NC(=O)c1ccc(C(=O)NCCCl)cc1. The van der Waals surface area contributed by atoms with Crippen LogP contribution < -0.4 is 11.1 Å². The number of nitrogens with two attached hydrogens (primary N) is 1. The Labute approximate surface area is 92.4 Å². The molecule has 0 radical (unpaired) electrons. The Bertz CT molecular complexity index is 362. The molecule has 0 fully saturated rings. The van der Waals surface area contributed by atoms with Crippen LogP contribution in [0.5, 0.6) is 0 Å². The topological polar surface area (TPSA) is 72.2 Å². The molecule has 80 valence electrons. The van der Waals surface area contributed by atoms with E-state index in [4.69, 9.17) is 17.3 Å². The number of benzene rings is 1. The molecule has 15 heavy (non-hydrogen) atoms. The van der Waals surface area contributed by atoms with Crippen molar-refractivity contribution in [2.75, 3.05) is 12.4 Å². The van der Waals surface area contributed by atoms with Crippen LogP contribution in [-0.2, 0) is 0 Å². The molecule has 3 N–H and O–H groups in total. The molecular formula is C10H11ClN2O2. The van der Waals surface area contributed by atoms with Crippen LogP contribution in [0.4, 0.5) is 0 Å². The smallest absolute Gasteiger partial charge is 0.251 e. The number of hydrogen-bond acceptors (Lipinski definition) is 2. The van der Waals surface area contributed by atoms with E-state index in [0.29, 0.717) is 23.6 Å². The van der Waals surface area contributed by atoms with Crippen LogP contribution in [0.3, 0.4) is 0 Å². The van der Waals surface area contributed by atoms with Crippen molar-refractivity contribution in [2.24, 2.45) is 5.73 Å². The van der Waals surface area contributed by atoms with Gasteiger partial charge in [-0.15, -0.1) is 11.6 Å². The van der Waals surface area contributed by atoms with Gasteiger partial charge in [0, 0.05) is 23.6 Å². The molecule has 0 atom stereocenters. The quantitative estimate of drug-likeness (QED) is 0.744. The standard InChI is InChI=1S/C10H11ClN2O2/c11-5-6-13-10(15)8-3-1-7(2-4-8)9(12)14/h1-4H,5-6H2,(H2,12,14)(H,13,15). The van der Waals surface area contributed by atoms with Gasteiger partial charge in [0.15, 0.2) is 0 Å². The molecule has 1 aromatic carbocycles. The molecule has 0 aliphatic rings. The van der Waals surface area contributed by atoms with Crippen LogP contribution in [0.25, 0.3) is 0 Å². The van der Waals surface area contributed by atoms with Crippen LogP contribution in [0.15, 0.2) is 24.3 Å². The number of alkyl halides is 1. The molecule has 0 aliphatic heterocycles. The molecule has 5 heteroatoms. The zero-order valence-corrected chi connectivity index (χ0v) is 8.75. The summed E-state index contributed by atoms with van der Waals surface area (Å²) in [5, 5.41) is 2.61. The van der Waals surface area contributed by atoms with Crippen molar-refractivity contribution in [1.82, 2.24) is 5.32 Å². The van der Waals surface area contributed by atoms with Gasteiger partial charge in [-0.1, -0.05) is 0 Å². The Kier molecular flexibility index (Phi) is 4.12. The fraction of sp³-hybridized carbons (Fsp3) is 0.200. The highest BCUT2D eigenvalue weighted by Crippen LogP contribution is 2.03. The third kappa shape index (κ3) is 3.25. The summed E-state index contributed by atoms with van der Waals surface area (Å²) in [6.07, 6.45) is 0. The van der Waals surface area contributed by atoms with E-state index < -0.39 is 5.91 Å². The number of amides is 2. The molecule has 0 aliphatic carbocycles. The number of primary amides is 1. The van der Waals surface area contributed by atoms with Crippen LogP contribution in [0, 0.1) is 0 Å². The zero-order chi connectivity index (χ0) is 11.3. The maximum atomic E-state index is 11.4. The number of halogens is 1. The van der Waals surface area contributed by atoms with Crippen molar-refractivity contribution >= 4 is 23.4 Å². The second-order valence-electron chi connectivity index (χ2n) is 2.89. The minimum atomic E-state index is -0.511. The second kappa shape index (κ2) is 5.36. The van der Waals surface area contributed by atoms with Crippen LogP contribution in [0.1, 0.15) is 20.7 Å². The van der Waals surface area contributed by atoms with Gasteiger partial charge in [-0.25, -0.2) is 0 Å². The normalized spacial score (nSPS) is 9.67. The monoisotopic (exact) mass is 226 g/mol. The molecule has 1 aromatic rings. The lowest BCUT2D eigenvalue weighted by molar-refractivity contribution is 0.0953. The van der Waals surface area contributed by atoms with E-state index in [-0.39, 0.29) is 5.91 Å². The molecule has 0 unspecified atom stereocenters. The van der Waals surface area contributed by atoms with Gasteiger partial charge in [0.05, 0.1) is 0 Å². The summed E-state index contributed by atoms with van der Waals surface area (Å²) in [6, 6.07) is 6.11. The lowest BCUT2D eigenvalue weighted by Crippen LogP contribution is -2.25. The van der Waals surface area contributed by atoms with Crippen molar-refractivity contribution in [3.8, 4) is 0 Å². The van der Waals surface area contributed by atoms with Crippen molar-refractivity contribution in [3.05, 3.63) is 35.4 Å². The summed E-state index contributed by atoms with van der Waals surface area (Å²) in [7, 11) is 0. The Morgan fingerprint density at radius 3 is 2.20 bits per heavy atom. The predicted octanol–water partition coefficient (Wildman–Crippen LogP) is 0.754. The highest BCUT2D eigenvalue weighted by molar-refractivity contribution is 6.18. The fourth-order valence-electron chi connectivity index (χ4n) is 1.05. The summed E-state index contributed by atoms with van der Waals surface area (Å²) < 4.78 is 0. The molecule has 2 amide bonds. The van der Waals surface area contributed by atoms with Gasteiger partial charge in [0.25, 0.3) is 5.91 Å². The Morgan fingerprint density at radius 2 is 1.73 bits per heavy atom. The summed E-state index contributed by atoms with van der Waals surface area (Å²) in [5.74, 6) is -0.361. The average Bonchev–Trinajstić information content (AvgIpc) is 2.26. The molecule has 4 nitrogen and oxygen atoms in total. The van der Waals surface area contributed by atoms with Crippen molar-refractivity contribution in [2.45, 2.75) is 0 Å². The molecule has 1 rings (SSSR count). The first-order valence-electron chi connectivity index (χ1n) is 4.39. The van der Waals surface area contributed by atoms with E-state index in [9.17, 15) is 9.59 Å². The van der Waals surface area contributed by atoms with Gasteiger partial charge in [-0.2, -0.15) is 0 Å². The summed E-state index contributed by atoms with van der Waals surface area (Å²) in [5.41, 5.74) is 5.92. The fourth-order valence-corrected chi connectivity index (χ4v) is 1.14. The number of rotatable bonds is 4. The zero-order valence-electron chi connectivity index (χ0n) is 8.00. The first-order chi connectivity index (χ1) is 7.15. The highest BCUT2D eigenvalue weighted by Gasteiger charge is 2.05. The largest absolute Gasteiger partial charge is 0.366 e. The van der Waals surface area contributed by atoms with Gasteiger partial charge < -0.3 is 11.1 Å². The number of carbonyl (C=O) groups is 2. The lowest BCUT2D eigenvalue weighted by Gasteiger charge is -2.03. The van der Waals surface area contributed by atoms with Gasteiger partial charge in [-0.05, 0) is 24.3 Å². The first-order valence-corrected chi connectivity index (χ1v) is 4.92. The first kappa shape index (κ1) is 11.5. The molecule has 0 saturated heterocycles. The van der Waals surface area contributed by atoms with Gasteiger partial charge in [-0.3, -0.25) is 9.59 Å². The summed E-state index contributed by atoms with van der Waals surface area (Å²) >= 11 is 5.42. The second-order valence-corrected chi connectivity index (χ2v) is 3.26. The lowest BCUT2D eigenvalue weighted by atomic mass is 10.1. The molecule has 0 heterocycles. The van der Waals surface area contributed by atoms with E-state index in [0.717, 1.165) is 0 Å². The molecular weight excluding hydrogens is 216 g/mol. The number of carbonyl (C=O) groups excluding carboxylic acids is 2. The van der Waals surface area contributed by atoms with Crippen molar-refractivity contribution in [1.29, 1.82) is 0 Å². The Hall–Kier alpha value is -1.55. The molecule has 0 bridgehead atoms. The van der Waals surface area contributed by atoms with Crippen LogP contribution in [0.2, 0.25) is 0 Å². The van der Waals surface area contributed by atoms with E-state index >= 15 is 0 Å². The maximum Gasteiger partial charge on any atom is 0.251 e. The minimum Gasteiger partial charge on any atom is -0.366 e. The minimum absolute atomic E-state index is 0.216.